The van der Waals surface area contributed by atoms with Crippen molar-refractivity contribution in [2.24, 2.45) is 0 Å². The molecule has 98 valence electrons. The van der Waals surface area contributed by atoms with Gasteiger partial charge in [0.25, 0.3) is 0 Å². The molecule has 2 nitrogen and oxygen atoms in total. The molecule has 1 aliphatic rings. The quantitative estimate of drug-likeness (QED) is 0.866. The Balaban J connectivity index is 1.79. The molecule has 0 bridgehead atoms. The molecule has 1 fully saturated rings. The number of benzene rings is 1. The summed E-state index contributed by atoms with van der Waals surface area (Å²) < 4.78 is 0. The summed E-state index contributed by atoms with van der Waals surface area (Å²) in [4.78, 5) is 11.8. The first-order valence-corrected chi connectivity index (χ1v) is 7.00. The van der Waals surface area contributed by atoms with Crippen LogP contribution in [0.15, 0.2) is 18.2 Å². The van der Waals surface area contributed by atoms with Crippen molar-refractivity contribution in [2.75, 3.05) is 0 Å². The zero-order valence-electron chi connectivity index (χ0n) is 11.5. The second-order valence-corrected chi connectivity index (χ2v) is 5.47. The predicted molar refractivity (Wildman–Crippen MR) is 74.6 cm³/mol. The SMILES string of the molecule is Cc1ccc(CCC(=O)NC2CCCC2)cc1C. The normalized spacial score (nSPS) is 15.9. The summed E-state index contributed by atoms with van der Waals surface area (Å²) in [5.41, 5.74) is 3.89. The first kappa shape index (κ1) is 13.1. The second-order valence-electron chi connectivity index (χ2n) is 5.47. The van der Waals surface area contributed by atoms with Gasteiger partial charge in [-0.2, -0.15) is 0 Å². The Morgan fingerprint density at radius 2 is 1.94 bits per heavy atom. The van der Waals surface area contributed by atoms with Crippen LogP contribution in [-0.4, -0.2) is 11.9 Å². The van der Waals surface area contributed by atoms with E-state index < -0.39 is 0 Å². The largest absolute Gasteiger partial charge is 0.353 e. The van der Waals surface area contributed by atoms with Crippen molar-refractivity contribution in [1.82, 2.24) is 5.32 Å². The van der Waals surface area contributed by atoms with E-state index in [1.807, 2.05) is 0 Å². The van der Waals surface area contributed by atoms with Crippen LogP contribution in [0.1, 0.15) is 48.8 Å². The lowest BCUT2D eigenvalue weighted by Crippen LogP contribution is -2.32. The lowest BCUT2D eigenvalue weighted by Gasteiger charge is -2.12. The number of hydrogen-bond acceptors (Lipinski definition) is 1. The number of nitrogens with one attached hydrogen (secondary N) is 1. The summed E-state index contributed by atoms with van der Waals surface area (Å²) in [6.45, 7) is 4.24. The van der Waals surface area contributed by atoms with Gasteiger partial charge in [0.15, 0.2) is 0 Å². The minimum absolute atomic E-state index is 0.208. The molecule has 2 rings (SSSR count). The van der Waals surface area contributed by atoms with Crippen LogP contribution >= 0.6 is 0 Å². The van der Waals surface area contributed by atoms with Crippen LogP contribution < -0.4 is 5.32 Å². The van der Waals surface area contributed by atoms with E-state index in [0.29, 0.717) is 12.5 Å². The van der Waals surface area contributed by atoms with Gasteiger partial charge in [-0.3, -0.25) is 4.79 Å². The van der Waals surface area contributed by atoms with Crippen LogP contribution in [0.3, 0.4) is 0 Å². The molecule has 0 aliphatic heterocycles. The van der Waals surface area contributed by atoms with E-state index >= 15 is 0 Å². The highest BCUT2D eigenvalue weighted by molar-refractivity contribution is 5.76. The fourth-order valence-corrected chi connectivity index (χ4v) is 2.59. The molecule has 0 atom stereocenters. The molecule has 1 amide bonds. The monoisotopic (exact) mass is 245 g/mol. The van der Waals surface area contributed by atoms with Crippen molar-refractivity contribution in [1.29, 1.82) is 0 Å². The van der Waals surface area contributed by atoms with E-state index in [1.165, 1.54) is 29.5 Å². The predicted octanol–water partition coefficient (Wildman–Crippen LogP) is 3.29. The zero-order valence-corrected chi connectivity index (χ0v) is 11.5. The zero-order chi connectivity index (χ0) is 13.0. The topological polar surface area (TPSA) is 29.1 Å². The van der Waals surface area contributed by atoms with Crippen LogP contribution in [0.2, 0.25) is 0 Å². The van der Waals surface area contributed by atoms with Gasteiger partial charge in [0, 0.05) is 12.5 Å². The maximum absolute atomic E-state index is 11.8. The molecule has 1 saturated carbocycles. The molecule has 0 heterocycles. The Kier molecular flexibility index (Phi) is 4.40. The van der Waals surface area contributed by atoms with Crippen LogP contribution in [-0.2, 0) is 11.2 Å². The molecule has 0 saturated heterocycles. The third-order valence-electron chi connectivity index (χ3n) is 3.93. The average molecular weight is 245 g/mol. The number of aryl methyl sites for hydroxylation is 3. The minimum atomic E-state index is 0.208. The van der Waals surface area contributed by atoms with Crippen LogP contribution in [0.4, 0.5) is 0 Å². The third-order valence-corrected chi connectivity index (χ3v) is 3.93. The fourth-order valence-electron chi connectivity index (χ4n) is 2.59. The van der Waals surface area contributed by atoms with Crippen molar-refractivity contribution in [3.63, 3.8) is 0 Å². The number of rotatable bonds is 4. The maximum Gasteiger partial charge on any atom is 0.220 e. The Morgan fingerprint density at radius 1 is 1.22 bits per heavy atom. The van der Waals surface area contributed by atoms with Crippen molar-refractivity contribution in [3.05, 3.63) is 34.9 Å². The molecule has 18 heavy (non-hydrogen) atoms. The fraction of sp³-hybridized carbons (Fsp3) is 0.562. The van der Waals surface area contributed by atoms with Gasteiger partial charge >= 0.3 is 0 Å². The lowest BCUT2D eigenvalue weighted by atomic mass is 10.0. The molecular formula is C16H23NO. The van der Waals surface area contributed by atoms with Gasteiger partial charge in [0.1, 0.15) is 0 Å². The van der Waals surface area contributed by atoms with E-state index in [2.05, 4.69) is 37.4 Å². The first-order chi connectivity index (χ1) is 8.65. The summed E-state index contributed by atoms with van der Waals surface area (Å²) in [7, 11) is 0. The average Bonchev–Trinajstić information content (AvgIpc) is 2.83. The summed E-state index contributed by atoms with van der Waals surface area (Å²) in [5.74, 6) is 0.208. The molecule has 1 N–H and O–H groups in total. The van der Waals surface area contributed by atoms with Gasteiger partial charge in [-0.1, -0.05) is 31.0 Å². The van der Waals surface area contributed by atoms with Crippen molar-refractivity contribution >= 4 is 5.91 Å². The Morgan fingerprint density at radius 3 is 2.61 bits per heavy atom. The van der Waals surface area contributed by atoms with Gasteiger partial charge in [-0.05, 0) is 49.8 Å². The number of carbonyl (C=O) groups excluding carboxylic acids is 1. The molecule has 1 aromatic carbocycles. The highest BCUT2D eigenvalue weighted by atomic mass is 16.1. The van der Waals surface area contributed by atoms with Gasteiger partial charge < -0.3 is 5.32 Å². The van der Waals surface area contributed by atoms with E-state index in [9.17, 15) is 4.79 Å². The molecular weight excluding hydrogens is 222 g/mol. The highest BCUT2D eigenvalue weighted by Crippen LogP contribution is 2.18. The minimum Gasteiger partial charge on any atom is -0.353 e. The molecule has 0 radical (unpaired) electrons. The van der Waals surface area contributed by atoms with E-state index in [4.69, 9.17) is 0 Å². The molecule has 0 aromatic heterocycles. The van der Waals surface area contributed by atoms with E-state index in [-0.39, 0.29) is 5.91 Å². The smallest absolute Gasteiger partial charge is 0.220 e. The first-order valence-electron chi connectivity index (χ1n) is 7.00. The molecule has 2 heteroatoms. The Bertz CT molecular complexity index is 419. The van der Waals surface area contributed by atoms with Crippen molar-refractivity contribution in [3.8, 4) is 0 Å². The third kappa shape index (κ3) is 3.59. The number of amides is 1. The lowest BCUT2D eigenvalue weighted by molar-refractivity contribution is -0.121. The summed E-state index contributed by atoms with van der Waals surface area (Å²) in [6.07, 6.45) is 6.31. The Hall–Kier alpha value is -1.31. The highest BCUT2D eigenvalue weighted by Gasteiger charge is 2.16. The van der Waals surface area contributed by atoms with Crippen LogP contribution in [0.5, 0.6) is 0 Å². The van der Waals surface area contributed by atoms with Crippen LogP contribution in [0, 0.1) is 13.8 Å². The van der Waals surface area contributed by atoms with Crippen molar-refractivity contribution in [2.45, 2.75) is 58.4 Å². The van der Waals surface area contributed by atoms with Gasteiger partial charge in [0.2, 0.25) is 5.91 Å². The molecule has 0 unspecified atom stereocenters. The number of hydrogen-bond donors (Lipinski definition) is 1. The number of carbonyl (C=O) groups is 1. The van der Waals surface area contributed by atoms with Crippen molar-refractivity contribution < 1.29 is 4.79 Å². The molecule has 1 aromatic rings. The van der Waals surface area contributed by atoms with E-state index in [1.54, 1.807) is 0 Å². The standard InChI is InChI=1S/C16H23NO/c1-12-7-8-14(11-13(12)2)9-10-16(18)17-15-5-3-4-6-15/h7-8,11,15H,3-6,9-10H2,1-2H3,(H,17,18). The maximum atomic E-state index is 11.8. The Labute approximate surface area is 110 Å². The summed E-state index contributed by atoms with van der Waals surface area (Å²) in [5, 5.41) is 3.14. The van der Waals surface area contributed by atoms with E-state index in [0.717, 1.165) is 19.3 Å². The van der Waals surface area contributed by atoms with Gasteiger partial charge in [-0.25, -0.2) is 0 Å². The molecule has 0 spiro atoms. The summed E-state index contributed by atoms with van der Waals surface area (Å²) >= 11 is 0. The van der Waals surface area contributed by atoms with Gasteiger partial charge in [0.05, 0.1) is 0 Å². The molecule has 1 aliphatic carbocycles. The summed E-state index contributed by atoms with van der Waals surface area (Å²) in [6, 6.07) is 6.90. The second kappa shape index (κ2) is 6.03. The van der Waals surface area contributed by atoms with Gasteiger partial charge in [-0.15, -0.1) is 0 Å². The van der Waals surface area contributed by atoms with Crippen LogP contribution in [0.25, 0.3) is 0 Å².